The van der Waals surface area contributed by atoms with Crippen molar-refractivity contribution >= 4 is 10.2 Å². The summed E-state index contributed by atoms with van der Waals surface area (Å²) in [6, 6.07) is -0.0626. The Morgan fingerprint density at radius 2 is 2.19 bits per heavy atom. The van der Waals surface area contributed by atoms with Gasteiger partial charge in [0.05, 0.1) is 6.54 Å². The van der Waals surface area contributed by atoms with Gasteiger partial charge in [0.25, 0.3) is 10.2 Å². The van der Waals surface area contributed by atoms with Crippen LogP contribution < -0.4 is 4.72 Å². The molecule has 0 aliphatic carbocycles. The van der Waals surface area contributed by atoms with E-state index in [0.29, 0.717) is 18.4 Å². The second kappa shape index (κ2) is 6.43. The van der Waals surface area contributed by atoms with E-state index in [2.05, 4.69) is 33.4 Å². The number of hydrogen-bond donors (Lipinski definition) is 2. The summed E-state index contributed by atoms with van der Waals surface area (Å²) in [4.78, 5) is 9.57. The highest BCUT2D eigenvalue weighted by atomic mass is 32.2. The van der Waals surface area contributed by atoms with Gasteiger partial charge >= 0.3 is 0 Å². The average molecular weight is 315 g/mol. The number of imidazole rings is 1. The predicted octanol–water partition coefficient (Wildman–Crippen LogP) is 0.262. The summed E-state index contributed by atoms with van der Waals surface area (Å²) in [6.07, 6.45) is 3.54. The second-order valence-electron chi connectivity index (χ2n) is 6.15. The van der Waals surface area contributed by atoms with Crippen LogP contribution in [0.25, 0.3) is 0 Å². The van der Waals surface area contributed by atoms with Crippen LogP contribution in [0.1, 0.15) is 19.7 Å². The van der Waals surface area contributed by atoms with Gasteiger partial charge in [-0.05, 0) is 11.8 Å². The largest absolute Gasteiger partial charge is 0.348 e. The van der Waals surface area contributed by atoms with E-state index in [0.717, 1.165) is 18.9 Å². The lowest BCUT2D eigenvalue weighted by Gasteiger charge is -2.24. The normalized spacial score (nSPS) is 24.3. The van der Waals surface area contributed by atoms with Crippen molar-refractivity contribution in [3.05, 3.63) is 18.2 Å². The number of nitrogens with zero attached hydrogens (tertiary/aromatic N) is 3. The zero-order valence-electron chi connectivity index (χ0n) is 13.1. The predicted molar refractivity (Wildman–Crippen MR) is 81.7 cm³/mol. The van der Waals surface area contributed by atoms with Crippen LogP contribution in [0.15, 0.2) is 12.4 Å². The van der Waals surface area contributed by atoms with E-state index in [1.807, 2.05) is 0 Å². The van der Waals surface area contributed by atoms with E-state index in [4.69, 9.17) is 0 Å². The number of likely N-dealkylation sites (tertiary alicyclic amines) is 1. The SMILES string of the molecule is CC(C)[C@@H]1CN(Cc2ncc[nH]2)C[C@H]1NS(=O)(=O)N(C)C. The zero-order chi connectivity index (χ0) is 15.6. The van der Waals surface area contributed by atoms with Gasteiger partial charge in [0, 0.05) is 45.6 Å². The Hall–Kier alpha value is -0.960. The summed E-state index contributed by atoms with van der Waals surface area (Å²) in [7, 11) is -0.312. The fourth-order valence-corrected chi connectivity index (χ4v) is 3.58. The average Bonchev–Trinajstić information content (AvgIpc) is 2.99. The van der Waals surface area contributed by atoms with Crippen molar-refractivity contribution in [2.45, 2.75) is 26.4 Å². The Morgan fingerprint density at radius 3 is 2.71 bits per heavy atom. The molecule has 0 spiro atoms. The van der Waals surface area contributed by atoms with E-state index in [1.54, 1.807) is 26.5 Å². The van der Waals surface area contributed by atoms with Crippen molar-refractivity contribution in [1.82, 2.24) is 23.9 Å². The minimum absolute atomic E-state index is 0.0626. The van der Waals surface area contributed by atoms with Gasteiger partial charge in [0.2, 0.25) is 0 Å². The van der Waals surface area contributed by atoms with E-state index in [1.165, 1.54) is 4.31 Å². The first-order valence-electron chi connectivity index (χ1n) is 7.20. The van der Waals surface area contributed by atoms with Gasteiger partial charge in [0.15, 0.2) is 0 Å². The highest BCUT2D eigenvalue weighted by molar-refractivity contribution is 7.87. The Balaban J connectivity index is 2.05. The molecule has 1 aromatic rings. The lowest BCUT2D eigenvalue weighted by atomic mass is 9.92. The van der Waals surface area contributed by atoms with Crippen LogP contribution in [0.2, 0.25) is 0 Å². The van der Waals surface area contributed by atoms with Crippen molar-refractivity contribution in [3.8, 4) is 0 Å². The monoisotopic (exact) mass is 315 g/mol. The standard InChI is InChI=1S/C13H25N5O2S/c1-10(2)11-7-18(9-13-14-5-6-15-13)8-12(11)16-21(19,20)17(3)4/h5-6,10-12,16H,7-9H2,1-4H3,(H,14,15)/t11-,12+/m0/s1. The van der Waals surface area contributed by atoms with E-state index in [9.17, 15) is 8.42 Å². The Kier molecular flexibility index (Phi) is 5.03. The van der Waals surface area contributed by atoms with Crippen molar-refractivity contribution in [3.63, 3.8) is 0 Å². The molecule has 2 N–H and O–H groups in total. The molecule has 2 atom stereocenters. The van der Waals surface area contributed by atoms with E-state index < -0.39 is 10.2 Å². The summed E-state index contributed by atoms with van der Waals surface area (Å²) in [5.74, 6) is 1.63. The minimum atomic E-state index is -3.40. The summed E-state index contributed by atoms with van der Waals surface area (Å²) in [6.45, 7) is 6.57. The molecule has 120 valence electrons. The van der Waals surface area contributed by atoms with Crippen molar-refractivity contribution < 1.29 is 8.42 Å². The number of rotatable bonds is 6. The fourth-order valence-electron chi connectivity index (χ4n) is 2.74. The number of H-pyrrole nitrogens is 1. The third-order valence-corrected chi connectivity index (χ3v) is 5.57. The molecule has 8 heteroatoms. The van der Waals surface area contributed by atoms with Crippen LogP contribution in [0.4, 0.5) is 0 Å². The maximum Gasteiger partial charge on any atom is 0.279 e. The van der Waals surface area contributed by atoms with Crippen LogP contribution in [0, 0.1) is 11.8 Å². The van der Waals surface area contributed by atoms with Gasteiger partial charge in [-0.2, -0.15) is 17.4 Å². The summed E-state index contributed by atoms with van der Waals surface area (Å²) in [5, 5.41) is 0. The summed E-state index contributed by atoms with van der Waals surface area (Å²) < 4.78 is 28.2. The molecule has 2 heterocycles. The molecule has 1 aromatic heterocycles. The molecule has 21 heavy (non-hydrogen) atoms. The molecule has 7 nitrogen and oxygen atoms in total. The Morgan fingerprint density at radius 1 is 1.48 bits per heavy atom. The van der Waals surface area contributed by atoms with Gasteiger partial charge < -0.3 is 4.98 Å². The molecule has 0 amide bonds. The maximum atomic E-state index is 12.1. The maximum absolute atomic E-state index is 12.1. The highest BCUT2D eigenvalue weighted by Gasteiger charge is 2.37. The molecule has 0 bridgehead atoms. The third-order valence-electron chi connectivity index (χ3n) is 4.01. The number of hydrogen-bond acceptors (Lipinski definition) is 4. The van der Waals surface area contributed by atoms with Crippen LogP contribution >= 0.6 is 0 Å². The molecule has 1 saturated heterocycles. The first-order valence-corrected chi connectivity index (χ1v) is 8.64. The van der Waals surface area contributed by atoms with Crippen molar-refractivity contribution in [1.29, 1.82) is 0 Å². The molecule has 1 fully saturated rings. The van der Waals surface area contributed by atoms with Crippen LogP contribution in [-0.4, -0.2) is 60.8 Å². The molecular weight excluding hydrogens is 290 g/mol. The Bertz CT molecular complexity index is 541. The summed E-state index contributed by atoms with van der Waals surface area (Å²) in [5.41, 5.74) is 0. The number of aromatic amines is 1. The van der Waals surface area contributed by atoms with Crippen molar-refractivity contribution in [2.24, 2.45) is 11.8 Å². The molecule has 0 saturated carbocycles. The molecule has 1 aliphatic heterocycles. The van der Waals surface area contributed by atoms with E-state index in [-0.39, 0.29) is 6.04 Å². The van der Waals surface area contributed by atoms with Gasteiger partial charge in [-0.1, -0.05) is 13.8 Å². The number of aromatic nitrogens is 2. The first-order chi connectivity index (χ1) is 9.79. The second-order valence-corrected chi connectivity index (χ2v) is 8.07. The minimum Gasteiger partial charge on any atom is -0.348 e. The smallest absolute Gasteiger partial charge is 0.279 e. The zero-order valence-corrected chi connectivity index (χ0v) is 13.9. The van der Waals surface area contributed by atoms with Gasteiger partial charge in [-0.25, -0.2) is 4.98 Å². The molecular formula is C13H25N5O2S. The Labute approximate surface area is 126 Å². The molecule has 2 rings (SSSR count). The van der Waals surface area contributed by atoms with Crippen LogP contribution in [-0.2, 0) is 16.8 Å². The quantitative estimate of drug-likeness (QED) is 0.789. The fraction of sp³-hybridized carbons (Fsp3) is 0.769. The van der Waals surface area contributed by atoms with Gasteiger partial charge in [-0.3, -0.25) is 4.90 Å². The highest BCUT2D eigenvalue weighted by Crippen LogP contribution is 2.26. The molecule has 0 unspecified atom stereocenters. The van der Waals surface area contributed by atoms with Crippen LogP contribution in [0.5, 0.6) is 0 Å². The van der Waals surface area contributed by atoms with Gasteiger partial charge in [0.1, 0.15) is 5.82 Å². The lowest BCUT2D eigenvalue weighted by molar-refractivity contribution is 0.290. The van der Waals surface area contributed by atoms with Crippen LogP contribution in [0.3, 0.4) is 0 Å². The summed E-state index contributed by atoms with van der Waals surface area (Å²) >= 11 is 0. The van der Waals surface area contributed by atoms with Gasteiger partial charge in [-0.15, -0.1) is 0 Å². The molecule has 0 aromatic carbocycles. The molecule has 0 radical (unpaired) electrons. The first kappa shape index (κ1) is 16.4. The lowest BCUT2D eigenvalue weighted by Crippen LogP contribution is -2.46. The topological polar surface area (TPSA) is 81.3 Å². The molecule has 1 aliphatic rings. The van der Waals surface area contributed by atoms with E-state index >= 15 is 0 Å². The number of nitrogens with one attached hydrogen (secondary N) is 2. The third kappa shape index (κ3) is 4.03. The van der Waals surface area contributed by atoms with Crippen molar-refractivity contribution in [2.75, 3.05) is 27.2 Å².